The van der Waals surface area contributed by atoms with Crippen LogP contribution < -0.4 is 34.8 Å². The predicted octanol–water partition coefficient (Wildman–Crippen LogP) is 6.49. The van der Waals surface area contributed by atoms with E-state index in [0.717, 1.165) is 48.5 Å². The maximum absolute atomic E-state index is 12.5. The summed E-state index contributed by atoms with van der Waals surface area (Å²) in [7, 11) is -3.66. The van der Waals surface area contributed by atoms with Crippen molar-refractivity contribution in [3.8, 4) is 0 Å². The van der Waals surface area contributed by atoms with Gasteiger partial charge in [-0.05, 0) is 159 Å². The molecule has 338 valence electrons. The van der Waals surface area contributed by atoms with E-state index >= 15 is 0 Å². The molecule has 0 aromatic heterocycles. The Kier molecular flexibility index (Phi) is 20.8. The third kappa shape index (κ3) is 12.1. The van der Waals surface area contributed by atoms with E-state index in [4.69, 9.17) is 14.2 Å². The second kappa shape index (κ2) is 23.4. The van der Waals surface area contributed by atoms with E-state index in [1.54, 1.807) is 12.1 Å². The van der Waals surface area contributed by atoms with E-state index in [9.17, 15) is 23.4 Å². The summed E-state index contributed by atoms with van der Waals surface area (Å²) < 4.78 is 30.4. The van der Waals surface area contributed by atoms with Crippen LogP contribution in [-0.2, 0) is 28.8 Å². The van der Waals surface area contributed by atoms with Gasteiger partial charge in [0.2, 0.25) is 0 Å². The third-order valence-corrected chi connectivity index (χ3v) is 18.9. The number of aryl methyl sites for hydroxylation is 1. The zero-order valence-corrected chi connectivity index (χ0v) is 41.9. The van der Waals surface area contributed by atoms with Gasteiger partial charge in [0, 0.05) is 12.5 Å². The van der Waals surface area contributed by atoms with Gasteiger partial charge in [-0.15, -0.1) is 0 Å². The predicted molar refractivity (Wildman–Crippen MR) is 231 cm³/mol. The standard InChI is InChI=1S/C21H32O3S.C14H24O.C13H24O2.CH2O3.Na/c1-15-7-9-18(10-8-15)25(22,23)24-14-17(3)20-12-11-19-16(2)6-5-13-21(19,20)4;1-10-5-4-8-14(3)12(10)6-7-13(14)11(2)9-15;1-9(8-14)10-5-6-11-12(15)4-3-7-13(10,11)2;2-1-4-3;/h7-10,16-17,19-20H,5-6,11-14H2,1-4H3;9-13H,4-8H2,1-3H3;9-12,14-15H,3-8H2,1-2H3;1,3H;/q;;;;+1/p-1/t16-,17+,19-,20?,21-;10-,11+,12-,13?,14-;9-,10?,11+,12+,13-;;/m001../s1. The molecule has 6 aliphatic rings. The van der Waals surface area contributed by atoms with Crippen LogP contribution in [0.25, 0.3) is 0 Å². The maximum Gasteiger partial charge on any atom is 1.00 e. The molecule has 11 heteroatoms. The molecule has 9 nitrogen and oxygen atoms in total. The van der Waals surface area contributed by atoms with Gasteiger partial charge >= 0.3 is 29.6 Å². The van der Waals surface area contributed by atoms with Crippen LogP contribution in [0.3, 0.4) is 0 Å². The molecule has 60 heavy (non-hydrogen) atoms. The second-order valence-electron chi connectivity index (χ2n) is 21.0. The summed E-state index contributed by atoms with van der Waals surface area (Å²) in [4.78, 5) is 22.5. The number of rotatable bonds is 10. The van der Waals surface area contributed by atoms with Gasteiger partial charge in [0.25, 0.3) is 16.6 Å². The van der Waals surface area contributed by atoms with E-state index in [1.807, 2.05) is 19.1 Å². The van der Waals surface area contributed by atoms with Gasteiger partial charge in [0.05, 0.1) is 17.6 Å². The van der Waals surface area contributed by atoms with E-state index in [-0.39, 0.29) is 65.5 Å². The molecule has 6 saturated carbocycles. The van der Waals surface area contributed by atoms with Crippen molar-refractivity contribution in [2.75, 3.05) is 13.2 Å². The molecule has 6 fully saturated rings. The van der Waals surface area contributed by atoms with E-state index in [2.05, 4.69) is 60.3 Å². The first-order valence-corrected chi connectivity index (χ1v) is 24.7. The Bertz CT molecular complexity index is 1570. The zero-order chi connectivity index (χ0) is 43.8. The number of carbonyl (C=O) groups is 2. The number of aldehydes is 1. The van der Waals surface area contributed by atoms with Crippen LogP contribution in [0.15, 0.2) is 29.2 Å². The molecule has 0 aliphatic heterocycles. The van der Waals surface area contributed by atoms with Crippen LogP contribution in [-0.4, -0.2) is 50.7 Å². The first-order valence-electron chi connectivity index (χ1n) is 23.3. The average Bonchev–Trinajstić information content (AvgIpc) is 3.88. The fourth-order valence-corrected chi connectivity index (χ4v) is 15.4. The first kappa shape index (κ1) is 53.5. The van der Waals surface area contributed by atoms with Crippen LogP contribution in [0, 0.1) is 88.3 Å². The van der Waals surface area contributed by atoms with Gasteiger partial charge in [-0.25, -0.2) is 0 Å². The van der Waals surface area contributed by atoms with Crippen LogP contribution in [0.4, 0.5) is 0 Å². The Morgan fingerprint density at radius 1 is 0.733 bits per heavy atom. The van der Waals surface area contributed by atoms with Crippen molar-refractivity contribution in [3.05, 3.63) is 29.8 Å². The summed E-state index contributed by atoms with van der Waals surface area (Å²) >= 11 is 0. The number of carbonyl (C=O) groups excluding carboxylic acids is 2. The normalized spacial score (nSPS) is 38.2. The van der Waals surface area contributed by atoms with Crippen molar-refractivity contribution >= 4 is 22.9 Å². The minimum Gasteiger partial charge on any atom is -0.662 e. The molecule has 0 spiro atoms. The fraction of sp³-hybridized carbons (Fsp3) is 0.837. The van der Waals surface area contributed by atoms with Crippen LogP contribution in [0.5, 0.6) is 0 Å². The van der Waals surface area contributed by atoms with Crippen LogP contribution >= 0.6 is 0 Å². The molecule has 0 bridgehead atoms. The largest absolute Gasteiger partial charge is 1.00 e. The number of aliphatic hydroxyl groups is 2. The number of aliphatic hydroxyl groups excluding tert-OH is 2. The van der Waals surface area contributed by atoms with Crippen molar-refractivity contribution in [1.29, 1.82) is 0 Å². The average molecular weight is 869 g/mol. The quantitative estimate of drug-likeness (QED) is 0.0885. The molecule has 0 heterocycles. The number of benzene rings is 1. The van der Waals surface area contributed by atoms with Gasteiger partial charge in [-0.3, -0.25) is 8.98 Å². The number of hydrogen-bond donors (Lipinski definition) is 2. The Labute approximate surface area is 386 Å². The van der Waals surface area contributed by atoms with Crippen molar-refractivity contribution in [3.63, 3.8) is 0 Å². The van der Waals surface area contributed by atoms with E-state index in [1.165, 1.54) is 83.3 Å². The molecule has 0 saturated heterocycles. The molecule has 15 atom stereocenters. The number of fused-ring (bicyclic) bond motifs is 3. The van der Waals surface area contributed by atoms with Crippen LogP contribution in [0.2, 0.25) is 0 Å². The topological polar surface area (TPSA) is 150 Å². The van der Waals surface area contributed by atoms with Gasteiger partial charge in [-0.1, -0.05) is 105 Å². The minimum atomic E-state index is -3.66. The fourth-order valence-electron chi connectivity index (χ4n) is 14.4. The van der Waals surface area contributed by atoms with Crippen LogP contribution in [0.1, 0.15) is 157 Å². The van der Waals surface area contributed by atoms with Gasteiger partial charge in [-0.2, -0.15) is 8.42 Å². The molecule has 0 amide bonds. The summed E-state index contributed by atoms with van der Waals surface area (Å²) in [6, 6.07) is 6.88. The molecule has 0 radical (unpaired) electrons. The Hall–Kier alpha value is -0.850. The van der Waals surface area contributed by atoms with E-state index in [0.29, 0.717) is 52.4 Å². The van der Waals surface area contributed by atoms with Crippen molar-refractivity contribution in [1.82, 2.24) is 0 Å². The number of hydrogen-bond acceptors (Lipinski definition) is 9. The monoisotopic (exact) mass is 869 g/mol. The maximum atomic E-state index is 12.5. The minimum absolute atomic E-state index is 0. The van der Waals surface area contributed by atoms with E-state index < -0.39 is 10.1 Å². The first-order chi connectivity index (χ1) is 27.8. The molecule has 3 unspecified atom stereocenters. The van der Waals surface area contributed by atoms with Gasteiger partial charge in [0.15, 0.2) is 0 Å². The molecule has 2 N–H and O–H groups in total. The summed E-state index contributed by atoms with van der Waals surface area (Å²) in [6.07, 6.45) is 20.0. The van der Waals surface area contributed by atoms with Gasteiger partial charge in [0.1, 0.15) is 6.29 Å². The molecule has 7 rings (SSSR count). The Morgan fingerprint density at radius 2 is 1.17 bits per heavy atom. The second-order valence-corrected chi connectivity index (χ2v) is 22.6. The molecule has 1 aromatic rings. The summed E-state index contributed by atoms with van der Waals surface area (Å²) in [5.74, 6) is 6.61. The van der Waals surface area contributed by atoms with Crippen molar-refractivity contribution in [2.45, 2.75) is 170 Å². The molecule has 6 aliphatic carbocycles. The molecular formula is C49H81NaO9S. The summed E-state index contributed by atoms with van der Waals surface area (Å²) in [6.45, 7) is 20.8. The summed E-state index contributed by atoms with van der Waals surface area (Å²) in [5, 5.41) is 27.8. The molecular weight excluding hydrogens is 788 g/mol. The Balaban J connectivity index is 0.000000238. The van der Waals surface area contributed by atoms with Gasteiger partial charge < -0.3 is 25.2 Å². The Morgan fingerprint density at radius 3 is 1.65 bits per heavy atom. The molecule has 1 aromatic carbocycles. The van der Waals surface area contributed by atoms with Crippen molar-refractivity contribution < 1.29 is 72.1 Å². The SMILES string of the molecule is C[C@H](C=O)C1CC[C@H]2[C@@H](C)CCC[C@]12C.C[C@H](CO)C1CC[C@H]2[C@@H](O)CCC[C@]12C.Cc1ccc(S(=O)(=O)OC[C@@H](C)C2CC[C@H]3[C@@H](C)CCC[C@]23C)cc1.O=CO[O-].[Na+]. The zero-order valence-electron chi connectivity index (χ0n) is 39.1. The summed E-state index contributed by atoms with van der Waals surface area (Å²) in [5.41, 5.74) is 2.16. The smallest absolute Gasteiger partial charge is 0.662 e. The van der Waals surface area contributed by atoms with Crippen molar-refractivity contribution in [2.24, 2.45) is 81.3 Å². The third-order valence-electron chi connectivity index (χ3n) is 17.6.